The molecule has 0 radical (unpaired) electrons. The fourth-order valence-electron chi connectivity index (χ4n) is 4.64. The molecule has 0 aromatic heterocycles. The summed E-state index contributed by atoms with van der Waals surface area (Å²) >= 11 is 6.35. The fraction of sp³-hybridized carbons (Fsp3) is 0.423. The molecule has 2 aliphatic rings. The van der Waals surface area contributed by atoms with Crippen molar-refractivity contribution in [2.45, 2.75) is 52.4 Å². The molecule has 4 heteroatoms. The highest BCUT2D eigenvalue weighted by atomic mass is 35.5. The Morgan fingerprint density at radius 1 is 1.00 bits per heavy atom. The number of benzene rings is 2. The van der Waals surface area contributed by atoms with Gasteiger partial charge in [0.15, 0.2) is 0 Å². The molecule has 30 heavy (non-hydrogen) atoms. The summed E-state index contributed by atoms with van der Waals surface area (Å²) in [4.78, 5) is 14.0. The van der Waals surface area contributed by atoms with Crippen LogP contribution in [0.2, 0.25) is 5.02 Å². The minimum atomic E-state index is -0.197. The molecule has 2 aromatic rings. The molecule has 0 spiro atoms. The minimum absolute atomic E-state index is 0.197. The van der Waals surface area contributed by atoms with E-state index in [0.29, 0.717) is 25.6 Å². The standard InChI is InChI=1S/C26H30ClNO2/c1-4-30-26(29)28-13-11-19(12-14-28)25-23-10-9-22(27)15-21(23)8-6-18-5-7-20(17(2)3)16-24(18)25/h5,7,9-10,15-17H,4,6,8,11-14H2,1-3H3. The van der Waals surface area contributed by atoms with Crippen LogP contribution in [0.15, 0.2) is 42.0 Å². The lowest BCUT2D eigenvalue weighted by atomic mass is 9.85. The highest BCUT2D eigenvalue weighted by molar-refractivity contribution is 6.30. The van der Waals surface area contributed by atoms with Crippen LogP contribution in [0.4, 0.5) is 4.79 Å². The summed E-state index contributed by atoms with van der Waals surface area (Å²) in [7, 11) is 0. The molecular weight excluding hydrogens is 394 g/mol. The van der Waals surface area contributed by atoms with Crippen molar-refractivity contribution in [1.82, 2.24) is 4.90 Å². The summed E-state index contributed by atoms with van der Waals surface area (Å²) in [6.45, 7) is 8.18. The van der Waals surface area contributed by atoms with Gasteiger partial charge in [0.2, 0.25) is 0 Å². The smallest absolute Gasteiger partial charge is 0.409 e. The number of piperidine rings is 1. The molecule has 0 saturated carbocycles. The van der Waals surface area contributed by atoms with Crippen molar-refractivity contribution in [3.63, 3.8) is 0 Å². The summed E-state index contributed by atoms with van der Waals surface area (Å²) in [6, 6.07) is 13.3. The number of carbonyl (C=O) groups is 1. The maximum absolute atomic E-state index is 12.2. The average Bonchev–Trinajstić information content (AvgIpc) is 2.90. The molecule has 1 saturated heterocycles. The van der Waals surface area contributed by atoms with E-state index < -0.39 is 0 Å². The number of likely N-dealkylation sites (tertiary alicyclic amines) is 1. The summed E-state index contributed by atoms with van der Waals surface area (Å²) < 4.78 is 5.21. The van der Waals surface area contributed by atoms with E-state index in [1.807, 2.05) is 17.9 Å². The molecule has 0 N–H and O–H groups in total. The lowest BCUT2D eigenvalue weighted by molar-refractivity contribution is 0.104. The monoisotopic (exact) mass is 423 g/mol. The Balaban J connectivity index is 1.81. The van der Waals surface area contributed by atoms with E-state index >= 15 is 0 Å². The first-order chi connectivity index (χ1) is 14.5. The zero-order valence-electron chi connectivity index (χ0n) is 18.1. The number of fused-ring (bicyclic) bond motifs is 2. The second kappa shape index (κ2) is 8.85. The van der Waals surface area contributed by atoms with Crippen molar-refractivity contribution < 1.29 is 9.53 Å². The highest BCUT2D eigenvalue weighted by Gasteiger charge is 2.26. The van der Waals surface area contributed by atoms with Gasteiger partial charge in [-0.2, -0.15) is 0 Å². The molecule has 158 valence electrons. The van der Waals surface area contributed by atoms with Gasteiger partial charge in [0, 0.05) is 18.1 Å². The van der Waals surface area contributed by atoms with Crippen molar-refractivity contribution in [3.8, 4) is 0 Å². The van der Waals surface area contributed by atoms with E-state index in [2.05, 4.69) is 44.2 Å². The maximum Gasteiger partial charge on any atom is 0.409 e. The number of hydrogen-bond acceptors (Lipinski definition) is 2. The van der Waals surface area contributed by atoms with Crippen molar-refractivity contribution in [2.24, 2.45) is 0 Å². The first kappa shape index (κ1) is 21.0. The van der Waals surface area contributed by atoms with Crippen LogP contribution in [0.25, 0.3) is 5.57 Å². The van der Waals surface area contributed by atoms with Crippen LogP contribution in [0.3, 0.4) is 0 Å². The van der Waals surface area contributed by atoms with Gasteiger partial charge in [-0.05, 0) is 84.0 Å². The number of aryl methyl sites for hydroxylation is 2. The predicted molar refractivity (Wildman–Crippen MR) is 123 cm³/mol. The first-order valence-corrected chi connectivity index (χ1v) is 11.4. The van der Waals surface area contributed by atoms with E-state index in [1.165, 1.54) is 39.0 Å². The number of halogens is 1. The van der Waals surface area contributed by atoms with Crippen LogP contribution in [0.5, 0.6) is 0 Å². The Bertz CT molecular complexity index is 983. The first-order valence-electron chi connectivity index (χ1n) is 11.0. The molecule has 0 bridgehead atoms. The minimum Gasteiger partial charge on any atom is -0.450 e. The van der Waals surface area contributed by atoms with E-state index in [4.69, 9.17) is 16.3 Å². The van der Waals surface area contributed by atoms with E-state index in [-0.39, 0.29) is 6.09 Å². The van der Waals surface area contributed by atoms with Gasteiger partial charge < -0.3 is 9.64 Å². The Morgan fingerprint density at radius 3 is 2.43 bits per heavy atom. The van der Waals surface area contributed by atoms with Gasteiger partial charge >= 0.3 is 6.09 Å². The maximum atomic E-state index is 12.2. The van der Waals surface area contributed by atoms with Crippen LogP contribution < -0.4 is 0 Å². The number of hydrogen-bond donors (Lipinski definition) is 0. The van der Waals surface area contributed by atoms with Gasteiger partial charge in [-0.1, -0.05) is 55.3 Å². The number of rotatable bonds is 2. The van der Waals surface area contributed by atoms with Crippen molar-refractivity contribution in [2.75, 3.05) is 19.7 Å². The second-order valence-corrected chi connectivity index (χ2v) is 8.97. The summed E-state index contributed by atoms with van der Waals surface area (Å²) in [5.41, 5.74) is 9.55. The quantitative estimate of drug-likeness (QED) is 0.543. The number of ether oxygens (including phenoxy) is 1. The van der Waals surface area contributed by atoms with Crippen molar-refractivity contribution in [1.29, 1.82) is 0 Å². The van der Waals surface area contributed by atoms with E-state index in [0.717, 1.165) is 30.7 Å². The van der Waals surface area contributed by atoms with E-state index in [1.54, 1.807) is 0 Å². The molecular formula is C26H30ClNO2. The third-order valence-corrected chi connectivity index (χ3v) is 6.55. The van der Waals surface area contributed by atoms with Crippen LogP contribution >= 0.6 is 11.6 Å². The van der Waals surface area contributed by atoms with Gasteiger partial charge in [-0.3, -0.25) is 0 Å². The predicted octanol–water partition coefficient (Wildman–Crippen LogP) is 6.62. The lowest BCUT2D eigenvalue weighted by Crippen LogP contribution is -2.37. The molecule has 2 aromatic carbocycles. The van der Waals surface area contributed by atoms with Crippen molar-refractivity contribution >= 4 is 23.3 Å². The SMILES string of the molecule is CCOC(=O)N1CCC(=C2c3ccc(Cl)cc3CCc3ccc(C(C)C)cc32)CC1. The largest absolute Gasteiger partial charge is 0.450 e. The lowest BCUT2D eigenvalue weighted by Gasteiger charge is -2.30. The Morgan fingerprint density at radius 2 is 1.73 bits per heavy atom. The van der Waals surface area contributed by atoms with Gasteiger partial charge in [-0.25, -0.2) is 4.79 Å². The third kappa shape index (κ3) is 4.13. The normalized spacial score (nSPS) is 16.2. The Labute approximate surface area is 184 Å². The highest BCUT2D eigenvalue weighted by Crippen LogP contribution is 2.40. The van der Waals surface area contributed by atoms with Gasteiger partial charge in [0.1, 0.15) is 0 Å². The number of nitrogens with zero attached hydrogens (tertiary/aromatic N) is 1. The van der Waals surface area contributed by atoms with Crippen molar-refractivity contribution in [3.05, 3.63) is 74.8 Å². The number of carbonyl (C=O) groups excluding carboxylic acids is 1. The van der Waals surface area contributed by atoms with Gasteiger partial charge in [-0.15, -0.1) is 0 Å². The molecule has 1 amide bonds. The molecule has 4 rings (SSSR count). The zero-order chi connectivity index (χ0) is 21.3. The Hall–Kier alpha value is -2.26. The molecule has 1 aliphatic carbocycles. The van der Waals surface area contributed by atoms with Crippen LogP contribution in [0, 0.1) is 0 Å². The third-order valence-electron chi connectivity index (χ3n) is 6.32. The van der Waals surface area contributed by atoms with Crippen LogP contribution in [0.1, 0.15) is 67.3 Å². The Kier molecular flexibility index (Phi) is 6.19. The van der Waals surface area contributed by atoms with Crippen LogP contribution in [-0.2, 0) is 17.6 Å². The molecule has 3 nitrogen and oxygen atoms in total. The van der Waals surface area contributed by atoms with Crippen LogP contribution in [-0.4, -0.2) is 30.7 Å². The molecule has 1 fully saturated rings. The van der Waals surface area contributed by atoms with E-state index in [9.17, 15) is 4.79 Å². The average molecular weight is 424 g/mol. The van der Waals surface area contributed by atoms with Gasteiger partial charge in [0.05, 0.1) is 6.61 Å². The fourth-order valence-corrected chi connectivity index (χ4v) is 4.83. The second-order valence-electron chi connectivity index (χ2n) is 8.54. The van der Waals surface area contributed by atoms with Gasteiger partial charge in [0.25, 0.3) is 0 Å². The number of amides is 1. The molecule has 0 unspecified atom stereocenters. The summed E-state index contributed by atoms with van der Waals surface area (Å²) in [5.74, 6) is 0.486. The topological polar surface area (TPSA) is 29.5 Å². The molecule has 0 atom stereocenters. The molecule has 1 aliphatic heterocycles. The zero-order valence-corrected chi connectivity index (χ0v) is 18.9. The molecule has 1 heterocycles. The summed E-state index contributed by atoms with van der Waals surface area (Å²) in [6.07, 6.45) is 3.57. The summed E-state index contributed by atoms with van der Waals surface area (Å²) in [5, 5.41) is 0.795.